The predicted octanol–water partition coefficient (Wildman–Crippen LogP) is -1.55. The molecule has 0 atom stereocenters. The molecule has 5 rings (SSSR count). The van der Waals surface area contributed by atoms with Crippen LogP contribution in [0, 0.1) is 13.8 Å². The number of benzene rings is 4. The first kappa shape index (κ1) is 36.3. The molecule has 0 aromatic heterocycles. The summed E-state index contributed by atoms with van der Waals surface area (Å²) in [5.74, 6) is -2.39. The van der Waals surface area contributed by atoms with Crippen LogP contribution in [-0.2, 0) is 18.7 Å². The summed E-state index contributed by atoms with van der Waals surface area (Å²) in [7, 11) is 0. The summed E-state index contributed by atoms with van der Waals surface area (Å²) in [5.41, 5.74) is 2.05. The van der Waals surface area contributed by atoms with Gasteiger partial charge in [0.05, 0.1) is 78.9 Å². The summed E-state index contributed by atoms with van der Waals surface area (Å²) in [6.07, 6.45) is 0. The fourth-order valence-electron chi connectivity index (χ4n) is 4.57. The average Bonchev–Trinajstić information content (AvgIpc) is 2.97. The molecule has 0 bridgehead atoms. The molecule has 0 unspecified atom stereocenters. The van der Waals surface area contributed by atoms with Gasteiger partial charge in [0, 0.05) is 0 Å². The Kier molecular flexibility index (Phi) is 13.2. The Morgan fingerprint density at radius 1 is 0.591 bits per heavy atom. The van der Waals surface area contributed by atoms with Crippen molar-refractivity contribution < 1.29 is 108 Å². The van der Waals surface area contributed by atoms with E-state index >= 15 is 0 Å². The summed E-state index contributed by atoms with van der Waals surface area (Å²) in [4.78, 5) is 28.8. The Morgan fingerprint density at radius 2 is 0.955 bits per heavy atom. The summed E-state index contributed by atoms with van der Waals surface area (Å²) in [6.45, 7) is 3.66. The molecule has 0 heterocycles. The topological polar surface area (TPSA) is 182 Å². The largest absolute Gasteiger partial charge is 1.00 e. The normalized spacial score (nSPS) is 11.6. The quantitative estimate of drug-likeness (QED) is 0.0447. The number of phenols is 2. The van der Waals surface area contributed by atoms with Crippen molar-refractivity contribution in [1.82, 2.24) is 0 Å². The first-order chi connectivity index (χ1) is 20.2. The maximum absolute atomic E-state index is 13.9. The van der Waals surface area contributed by atoms with E-state index in [1.54, 1.807) is 48.5 Å². The van der Waals surface area contributed by atoms with Crippen LogP contribution in [0.3, 0.4) is 0 Å². The van der Waals surface area contributed by atoms with Crippen molar-refractivity contribution in [2.24, 2.45) is 0 Å². The maximum Gasteiger partial charge on any atom is 1.00 e. The Balaban J connectivity index is 0.00000264. The Morgan fingerprint density at radius 3 is 1.32 bits per heavy atom. The van der Waals surface area contributed by atoms with Crippen molar-refractivity contribution in [2.75, 3.05) is 10.6 Å². The number of anilines is 4. The van der Waals surface area contributed by atoms with Gasteiger partial charge in [0.1, 0.15) is 11.5 Å². The molecule has 4 aromatic rings. The molecule has 1 aliphatic rings. The van der Waals surface area contributed by atoms with E-state index in [2.05, 4.69) is 29.4 Å². The molecule has 44 heavy (non-hydrogen) atoms. The molecule has 0 amide bonds. The smallest absolute Gasteiger partial charge is 0.691 e. The molecule has 216 valence electrons. The van der Waals surface area contributed by atoms with Gasteiger partial charge in [-0.05, 0) is 73.5 Å². The molecule has 0 fully saturated rings. The number of fused-ring (bicyclic) bond motifs is 2. The molecule has 0 aliphatic heterocycles. The van der Waals surface area contributed by atoms with Crippen LogP contribution in [0.4, 0.5) is 22.7 Å². The number of hydrogen-bond donors (Lipinski definition) is 4. The van der Waals surface area contributed by atoms with Gasteiger partial charge in [0.2, 0.25) is 11.6 Å². The van der Waals surface area contributed by atoms with Crippen LogP contribution in [0.1, 0.15) is 43.0 Å². The zero-order valence-corrected chi connectivity index (χ0v) is 29.4. The Labute approximate surface area is 303 Å². The number of ketones is 2. The molecular formula is C28H20N2Na2O10S2. The minimum atomic E-state index is -0.721. The molecule has 1 aliphatic carbocycles. The van der Waals surface area contributed by atoms with Crippen LogP contribution < -0.4 is 80.3 Å². The van der Waals surface area contributed by atoms with E-state index in [1.807, 2.05) is 13.8 Å². The van der Waals surface area contributed by atoms with Crippen LogP contribution in [0.2, 0.25) is 0 Å². The van der Waals surface area contributed by atoms with E-state index in [9.17, 15) is 30.3 Å². The molecular weight excluding hydrogens is 634 g/mol. The monoisotopic (exact) mass is 654 g/mol. The van der Waals surface area contributed by atoms with Gasteiger partial charge >= 0.3 is 59.1 Å². The van der Waals surface area contributed by atoms with E-state index in [4.69, 9.17) is 0 Å². The Hall–Kier alpha value is -2.12. The van der Waals surface area contributed by atoms with Gasteiger partial charge < -0.3 is 31.4 Å². The van der Waals surface area contributed by atoms with E-state index in [0.717, 1.165) is 23.3 Å². The van der Waals surface area contributed by atoms with E-state index in [0.29, 0.717) is 45.3 Å². The van der Waals surface area contributed by atoms with Gasteiger partial charge in [-0.15, -0.1) is 0 Å². The molecule has 16 heteroatoms. The summed E-state index contributed by atoms with van der Waals surface area (Å²) >= 11 is 1.29. The van der Waals surface area contributed by atoms with Crippen LogP contribution >= 0.6 is 24.1 Å². The van der Waals surface area contributed by atoms with Crippen molar-refractivity contribution in [1.29, 1.82) is 0 Å². The first-order valence-electron chi connectivity index (χ1n) is 12.1. The van der Waals surface area contributed by atoms with Crippen LogP contribution in [0.15, 0.2) is 70.5 Å². The standard InChI is InChI=1S/C28H22N2O10S2.2Na/c1-13-3-5-15(21(11-13)41-39-37-35)29-17-7-8-18(30-16-6-4-14(2)12-22(16)42-40-38-36)24-23(17)27(33)25-19(31)9-10-20(32)26(25)28(24)34;;/h3-12,29-32,35-36H,1-2H3;;/q;2*+1/p-2. The fourth-order valence-corrected chi connectivity index (χ4v) is 5.66. The second kappa shape index (κ2) is 15.9. The van der Waals surface area contributed by atoms with E-state index in [-0.39, 0.29) is 92.7 Å². The number of aromatic hydroxyl groups is 2. The molecule has 12 nitrogen and oxygen atoms in total. The second-order valence-corrected chi connectivity index (χ2v) is 10.6. The van der Waals surface area contributed by atoms with Crippen molar-refractivity contribution in [3.63, 3.8) is 0 Å². The maximum atomic E-state index is 13.9. The minimum Gasteiger partial charge on any atom is -0.691 e. The molecule has 4 N–H and O–H groups in total. The summed E-state index contributed by atoms with van der Waals surface area (Å²) in [5, 5.41) is 55.2. The third kappa shape index (κ3) is 7.46. The average molecular weight is 655 g/mol. The SMILES string of the molecule is Cc1ccc(Nc2ccc(Nc3ccc(C)cc3SOO[O-])c3c2C(=O)c2c(O)ccc(O)c2C3=O)c(SOO[O-])c1.[Na+].[Na+]. The van der Waals surface area contributed by atoms with Gasteiger partial charge in [-0.2, -0.15) is 8.67 Å². The number of carbonyl (C=O) groups excluding carboxylic acids is 2. The molecule has 0 saturated carbocycles. The molecule has 0 saturated heterocycles. The van der Waals surface area contributed by atoms with Gasteiger partial charge in [-0.1, -0.05) is 12.1 Å². The summed E-state index contributed by atoms with van der Waals surface area (Å²) in [6, 6.07) is 15.7. The van der Waals surface area contributed by atoms with Gasteiger partial charge in [-0.3, -0.25) is 19.7 Å². The van der Waals surface area contributed by atoms with Gasteiger partial charge in [-0.25, -0.2) is 0 Å². The van der Waals surface area contributed by atoms with Gasteiger partial charge in [0.15, 0.2) is 0 Å². The van der Waals surface area contributed by atoms with Crippen molar-refractivity contribution in [3.05, 3.63) is 94.0 Å². The molecule has 0 radical (unpaired) electrons. The van der Waals surface area contributed by atoms with Crippen molar-refractivity contribution >= 4 is 58.4 Å². The number of rotatable bonds is 10. The van der Waals surface area contributed by atoms with E-state index < -0.39 is 23.1 Å². The van der Waals surface area contributed by atoms with Crippen LogP contribution in [-0.4, -0.2) is 21.8 Å². The minimum absolute atomic E-state index is 0. The van der Waals surface area contributed by atoms with Crippen LogP contribution in [0.5, 0.6) is 11.5 Å². The predicted molar refractivity (Wildman–Crippen MR) is 148 cm³/mol. The van der Waals surface area contributed by atoms with Crippen molar-refractivity contribution in [3.8, 4) is 11.5 Å². The Bertz CT molecular complexity index is 1600. The van der Waals surface area contributed by atoms with Crippen molar-refractivity contribution in [2.45, 2.75) is 23.6 Å². The summed E-state index contributed by atoms with van der Waals surface area (Å²) < 4.78 is 9.00. The number of hydrogen-bond acceptors (Lipinski definition) is 14. The fraction of sp³-hybridized carbons (Fsp3) is 0.0714. The number of nitrogens with one attached hydrogen (secondary N) is 2. The zero-order chi connectivity index (χ0) is 30.0. The third-order valence-electron chi connectivity index (χ3n) is 6.39. The second-order valence-electron chi connectivity index (χ2n) is 9.11. The van der Waals surface area contributed by atoms with E-state index in [1.165, 1.54) is 0 Å². The first-order valence-corrected chi connectivity index (χ1v) is 13.5. The number of phenolic OH excluding ortho intramolecular Hbond substituents is 2. The van der Waals surface area contributed by atoms with Gasteiger partial charge in [0.25, 0.3) is 0 Å². The third-order valence-corrected chi connectivity index (χ3v) is 7.67. The molecule has 4 aromatic carbocycles. The number of carbonyl (C=O) groups is 2. The van der Waals surface area contributed by atoms with Crippen LogP contribution in [0.25, 0.3) is 0 Å². The number of aryl methyl sites for hydroxylation is 2. The zero-order valence-electron chi connectivity index (χ0n) is 23.8. The molecule has 0 spiro atoms.